The van der Waals surface area contributed by atoms with Crippen molar-refractivity contribution in [1.82, 2.24) is 19.9 Å². The summed E-state index contributed by atoms with van der Waals surface area (Å²) in [4.78, 5) is 18.2. The van der Waals surface area contributed by atoms with Gasteiger partial charge in [0.2, 0.25) is 5.88 Å². The summed E-state index contributed by atoms with van der Waals surface area (Å²) in [6.45, 7) is 1.21. The largest absolute Gasteiger partial charge is 0.476 e. The number of hydrogen-bond donors (Lipinski definition) is 3. The number of nitrogens with one attached hydrogen (secondary N) is 2. The molecule has 0 amide bonds. The Bertz CT molecular complexity index is 1280. The van der Waals surface area contributed by atoms with E-state index in [0.29, 0.717) is 36.3 Å². The zero-order valence-corrected chi connectivity index (χ0v) is 16.1. The Hall–Kier alpha value is -3.65. The van der Waals surface area contributed by atoms with Crippen LogP contribution in [0.2, 0.25) is 0 Å². The molecule has 0 radical (unpaired) electrons. The number of ether oxygens (including phenoxy) is 1. The fraction of sp³-hybridized carbons (Fsp3) is 0.182. The van der Waals surface area contributed by atoms with Gasteiger partial charge in [-0.05, 0) is 17.7 Å². The van der Waals surface area contributed by atoms with E-state index >= 15 is 4.39 Å². The summed E-state index contributed by atoms with van der Waals surface area (Å²) >= 11 is 0. The number of halogens is 1. The van der Waals surface area contributed by atoms with Crippen LogP contribution in [0.1, 0.15) is 22.9 Å². The molecule has 3 heterocycles. The molecule has 1 unspecified atom stereocenters. The molecule has 30 heavy (non-hydrogen) atoms. The van der Waals surface area contributed by atoms with Gasteiger partial charge < -0.3 is 20.4 Å². The second-order valence-electron chi connectivity index (χ2n) is 7.20. The average molecular weight is 405 g/mol. The summed E-state index contributed by atoms with van der Waals surface area (Å²) in [7, 11) is 0. The van der Waals surface area contributed by atoms with Gasteiger partial charge >= 0.3 is 5.69 Å². The number of para-hydroxylation sites is 1. The molecule has 0 saturated heterocycles. The third kappa shape index (κ3) is 3.02. The molecule has 4 N–H and O–H groups in total. The number of aromatic amines is 1. The van der Waals surface area contributed by atoms with Crippen LogP contribution in [0.4, 0.5) is 10.2 Å². The molecule has 0 saturated carbocycles. The van der Waals surface area contributed by atoms with Gasteiger partial charge in [0, 0.05) is 18.5 Å². The molecular formula is C22H20FN5O2. The first-order valence-corrected chi connectivity index (χ1v) is 9.70. The van der Waals surface area contributed by atoms with Crippen LogP contribution in [0.3, 0.4) is 0 Å². The van der Waals surface area contributed by atoms with Crippen molar-refractivity contribution in [3.05, 3.63) is 87.7 Å². The number of nitrogens with two attached hydrogens (primary N) is 1. The summed E-state index contributed by atoms with van der Waals surface area (Å²) in [5.41, 5.74) is 8.21. The highest BCUT2D eigenvalue weighted by Crippen LogP contribution is 2.38. The second-order valence-corrected chi connectivity index (χ2v) is 7.20. The molecular weight excluding hydrogens is 385 g/mol. The van der Waals surface area contributed by atoms with Crippen LogP contribution in [-0.2, 0) is 6.54 Å². The maximum atomic E-state index is 15.8. The van der Waals surface area contributed by atoms with Crippen LogP contribution in [0.15, 0.2) is 59.4 Å². The van der Waals surface area contributed by atoms with Gasteiger partial charge in [-0.15, -0.1) is 0 Å². The molecule has 0 aliphatic carbocycles. The van der Waals surface area contributed by atoms with E-state index in [0.717, 1.165) is 11.1 Å². The molecule has 8 heteroatoms. The molecule has 1 aliphatic heterocycles. The van der Waals surface area contributed by atoms with Gasteiger partial charge in [0.1, 0.15) is 12.4 Å². The number of benzene rings is 2. The van der Waals surface area contributed by atoms with E-state index in [2.05, 4.69) is 15.3 Å². The normalized spacial score (nSPS) is 16.1. The number of anilines is 1. The van der Waals surface area contributed by atoms with Gasteiger partial charge in [0.25, 0.3) is 0 Å². The first kappa shape index (κ1) is 18.4. The van der Waals surface area contributed by atoms with Crippen molar-refractivity contribution in [3.8, 4) is 5.88 Å². The van der Waals surface area contributed by atoms with Crippen LogP contribution >= 0.6 is 0 Å². The average Bonchev–Trinajstić information content (AvgIpc) is 2.88. The van der Waals surface area contributed by atoms with E-state index in [4.69, 9.17) is 10.5 Å². The number of rotatable bonds is 3. The van der Waals surface area contributed by atoms with Gasteiger partial charge in [-0.25, -0.2) is 9.18 Å². The number of fused-ring (bicyclic) bond motifs is 2. The summed E-state index contributed by atoms with van der Waals surface area (Å²) < 4.78 is 23.4. The minimum absolute atomic E-state index is 0.111. The molecule has 2 aromatic carbocycles. The molecule has 1 aliphatic rings. The van der Waals surface area contributed by atoms with Crippen LogP contribution in [0.5, 0.6) is 5.88 Å². The van der Waals surface area contributed by atoms with E-state index in [-0.39, 0.29) is 17.5 Å². The lowest BCUT2D eigenvalue weighted by atomic mass is 10.0. The van der Waals surface area contributed by atoms with Crippen LogP contribution in [-0.4, -0.2) is 27.7 Å². The maximum absolute atomic E-state index is 15.8. The number of nitrogen functional groups attached to an aromatic ring is 1. The number of aromatic nitrogens is 3. The Morgan fingerprint density at radius 3 is 2.77 bits per heavy atom. The molecule has 4 aromatic rings. The highest BCUT2D eigenvalue weighted by atomic mass is 19.1. The first-order chi connectivity index (χ1) is 14.6. The van der Waals surface area contributed by atoms with Crippen molar-refractivity contribution < 1.29 is 9.13 Å². The minimum atomic E-state index is -0.636. The number of hydrogen-bond acceptors (Lipinski definition) is 5. The Labute approximate surface area is 171 Å². The zero-order chi connectivity index (χ0) is 20.7. The summed E-state index contributed by atoms with van der Waals surface area (Å²) in [6.07, 6.45) is 0. The van der Waals surface area contributed by atoms with Crippen molar-refractivity contribution in [2.24, 2.45) is 0 Å². The van der Waals surface area contributed by atoms with Gasteiger partial charge in [0.05, 0.1) is 22.8 Å². The smallest absolute Gasteiger partial charge is 0.349 e. The molecule has 5 rings (SSSR count). The standard InChI is InChI=1S/C22H20FN5O2/c23-17-14-8-4-5-9-15(14)28(12-13-6-2-1-3-7-13)19(17)18-16-20(24)26-22(29)27-21(16)30-11-10-25-18/h1-9,18,25H,10-12H2,(H3,24,26,27,29). The van der Waals surface area contributed by atoms with Crippen molar-refractivity contribution in [3.63, 3.8) is 0 Å². The van der Waals surface area contributed by atoms with Gasteiger partial charge in [-0.3, -0.25) is 4.98 Å². The minimum Gasteiger partial charge on any atom is -0.476 e. The van der Waals surface area contributed by atoms with E-state index < -0.39 is 11.7 Å². The summed E-state index contributed by atoms with van der Waals surface area (Å²) in [6, 6.07) is 16.6. The summed E-state index contributed by atoms with van der Waals surface area (Å²) in [5, 5.41) is 3.84. The molecule has 0 bridgehead atoms. The molecule has 152 valence electrons. The van der Waals surface area contributed by atoms with E-state index in [9.17, 15) is 4.79 Å². The highest BCUT2D eigenvalue weighted by Gasteiger charge is 2.32. The topological polar surface area (TPSA) is 98.0 Å². The maximum Gasteiger partial charge on any atom is 0.349 e. The molecule has 0 fully saturated rings. The fourth-order valence-corrected chi connectivity index (χ4v) is 4.05. The van der Waals surface area contributed by atoms with Crippen molar-refractivity contribution in [1.29, 1.82) is 0 Å². The Kier molecular flexibility index (Phi) is 4.48. The molecule has 0 spiro atoms. The number of nitrogens with zero attached hydrogens (tertiary/aromatic N) is 2. The highest BCUT2D eigenvalue weighted by molar-refractivity contribution is 5.83. The van der Waals surface area contributed by atoms with E-state index in [1.807, 2.05) is 53.1 Å². The lowest BCUT2D eigenvalue weighted by Gasteiger charge is -2.21. The van der Waals surface area contributed by atoms with Gasteiger partial charge in [-0.2, -0.15) is 4.98 Å². The number of H-pyrrole nitrogens is 1. The molecule has 1 atom stereocenters. The van der Waals surface area contributed by atoms with E-state index in [1.54, 1.807) is 6.07 Å². The Balaban J connectivity index is 1.76. The third-order valence-electron chi connectivity index (χ3n) is 5.35. The lowest BCUT2D eigenvalue weighted by Crippen LogP contribution is -2.28. The monoisotopic (exact) mass is 405 g/mol. The van der Waals surface area contributed by atoms with Crippen molar-refractivity contribution >= 4 is 16.7 Å². The van der Waals surface area contributed by atoms with Crippen LogP contribution < -0.4 is 21.5 Å². The molecule has 7 nitrogen and oxygen atoms in total. The third-order valence-corrected chi connectivity index (χ3v) is 5.35. The first-order valence-electron chi connectivity index (χ1n) is 9.70. The zero-order valence-electron chi connectivity index (χ0n) is 16.1. The predicted molar refractivity (Wildman–Crippen MR) is 112 cm³/mol. The van der Waals surface area contributed by atoms with Crippen LogP contribution in [0.25, 0.3) is 10.9 Å². The summed E-state index contributed by atoms with van der Waals surface area (Å²) in [5.74, 6) is -0.0973. The van der Waals surface area contributed by atoms with Gasteiger partial charge in [-0.1, -0.05) is 42.5 Å². The van der Waals surface area contributed by atoms with Crippen molar-refractivity contribution in [2.75, 3.05) is 18.9 Å². The lowest BCUT2D eigenvalue weighted by molar-refractivity contribution is 0.312. The SMILES string of the molecule is Nc1[nH]c(=O)nc2c1C(c1c(F)c3ccccc3n1Cc1ccccc1)NCCO2. The predicted octanol–water partition coefficient (Wildman–Crippen LogP) is 2.57. The Morgan fingerprint density at radius 2 is 1.93 bits per heavy atom. The Morgan fingerprint density at radius 1 is 1.17 bits per heavy atom. The fourth-order valence-electron chi connectivity index (χ4n) is 4.05. The van der Waals surface area contributed by atoms with Gasteiger partial charge in [0.15, 0.2) is 5.82 Å². The van der Waals surface area contributed by atoms with Crippen molar-refractivity contribution in [2.45, 2.75) is 12.6 Å². The quantitative estimate of drug-likeness (QED) is 0.487. The van der Waals surface area contributed by atoms with Crippen LogP contribution in [0, 0.1) is 5.82 Å². The molecule has 2 aromatic heterocycles. The van der Waals surface area contributed by atoms with E-state index in [1.165, 1.54) is 0 Å². The second kappa shape index (κ2) is 7.31.